The van der Waals surface area contributed by atoms with E-state index in [0.29, 0.717) is 5.56 Å². The summed E-state index contributed by atoms with van der Waals surface area (Å²) < 4.78 is 13.8. The van der Waals surface area contributed by atoms with Crippen LogP contribution in [0.1, 0.15) is 29.8 Å². The minimum atomic E-state index is -0.710. The maximum absolute atomic E-state index is 13.8. The van der Waals surface area contributed by atoms with Crippen molar-refractivity contribution in [2.24, 2.45) is 0 Å². The molecule has 0 unspecified atom stereocenters. The van der Waals surface area contributed by atoms with Crippen LogP contribution in [-0.2, 0) is 5.41 Å². The first-order valence-electron chi connectivity index (χ1n) is 6.72. The van der Waals surface area contributed by atoms with E-state index in [1.165, 1.54) is 12.1 Å². The zero-order chi connectivity index (χ0) is 16.3. The van der Waals surface area contributed by atoms with Crippen molar-refractivity contribution in [2.75, 3.05) is 11.1 Å². The number of nitrogens with two attached hydrogens (primary N) is 1. The number of nitrogens with one attached hydrogen (secondary N) is 1. The maximum atomic E-state index is 13.8. The number of nitrogens with zero attached hydrogens (tertiary/aromatic N) is 1. The summed E-state index contributed by atoms with van der Waals surface area (Å²) in [7, 11) is 0. The average Bonchev–Trinajstić information content (AvgIpc) is 2.52. The van der Waals surface area contributed by atoms with E-state index >= 15 is 0 Å². The number of rotatable bonds is 3. The van der Waals surface area contributed by atoms with Gasteiger partial charge in [-0.25, -0.2) is 4.39 Å². The van der Waals surface area contributed by atoms with E-state index in [4.69, 9.17) is 11.0 Å². The number of nitriles is 1. The second-order valence-electron chi connectivity index (χ2n) is 5.48. The van der Waals surface area contributed by atoms with Crippen molar-refractivity contribution >= 4 is 17.3 Å². The smallest absolute Gasteiger partial charge is 0.255 e. The van der Waals surface area contributed by atoms with E-state index in [0.717, 1.165) is 5.56 Å². The lowest BCUT2D eigenvalue weighted by molar-refractivity contribution is 0.102. The van der Waals surface area contributed by atoms with Crippen molar-refractivity contribution < 1.29 is 9.18 Å². The first-order valence-corrected chi connectivity index (χ1v) is 6.72. The topological polar surface area (TPSA) is 78.9 Å². The van der Waals surface area contributed by atoms with Crippen LogP contribution in [0.3, 0.4) is 0 Å². The van der Waals surface area contributed by atoms with E-state index in [-0.39, 0.29) is 11.4 Å². The molecule has 0 atom stereocenters. The van der Waals surface area contributed by atoms with Gasteiger partial charge in [-0.2, -0.15) is 5.26 Å². The molecule has 5 heteroatoms. The molecule has 0 spiro atoms. The minimum Gasteiger partial charge on any atom is -0.396 e. The molecule has 0 fully saturated rings. The van der Waals surface area contributed by atoms with Crippen molar-refractivity contribution in [1.82, 2.24) is 0 Å². The second kappa shape index (κ2) is 5.86. The third-order valence-electron chi connectivity index (χ3n) is 3.40. The molecule has 2 aromatic rings. The number of carbonyl (C=O) groups excluding carboxylic acids is 1. The normalized spacial score (nSPS) is 10.8. The summed E-state index contributed by atoms with van der Waals surface area (Å²) in [6.07, 6.45) is 0. The summed E-state index contributed by atoms with van der Waals surface area (Å²) in [5.41, 5.74) is 5.82. The van der Waals surface area contributed by atoms with Crippen molar-refractivity contribution in [3.63, 3.8) is 0 Å². The highest BCUT2D eigenvalue weighted by Crippen LogP contribution is 2.24. The number of hydrogen-bond acceptors (Lipinski definition) is 3. The van der Waals surface area contributed by atoms with Gasteiger partial charge in [-0.15, -0.1) is 0 Å². The van der Waals surface area contributed by atoms with Crippen LogP contribution in [0.15, 0.2) is 42.5 Å². The highest BCUT2D eigenvalue weighted by atomic mass is 19.1. The van der Waals surface area contributed by atoms with Gasteiger partial charge in [0.2, 0.25) is 0 Å². The Morgan fingerprint density at radius 1 is 1.27 bits per heavy atom. The molecule has 0 aliphatic carbocycles. The molecule has 2 aromatic carbocycles. The van der Waals surface area contributed by atoms with Crippen LogP contribution >= 0.6 is 0 Å². The summed E-state index contributed by atoms with van der Waals surface area (Å²) in [4.78, 5) is 12.2. The number of carbonyl (C=O) groups is 1. The summed E-state index contributed by atoms with van der Waals surface area (Å²) in [6, 6.07) is 13.3. The van der Waals surface area contributed by atoms with Gasteiger partial charge >= 0.3 is 0 Å². The monoisotopic (exact) mass is 297 g/mol. The van der Waals surface area contributed by atoms with Crippen LogP contribution in [0.2, 0.25) is 0 Å². The number of benzene rings is 2. The van der Waals surface area contributed by atoms with Gasteiger partial charge in [0.05, 0.1) is 22.9 Å². The van der Waals surface area contributed by atoms with Crippen molar-refractivity contribution in [1.29, 1.82) is 5.26 Å². The Hall–Kier alpha value is -2.87. The Morgan fingerprint density at radius 3 is 2.64 bits per heavy atom. The number of hydrogen-bond donors (Lipinski definition) is 2. The molecule has 1 amide bonds. The van der Waals surface area contributed by atoms with Crippen LogP contribution in [-0.4, -0.2) is 5.91 Å². The fraction of sp³-hybridized carbons (Fsp3) is 0.176. The molecule has 112 valence electrons. The number of amides is 1. The molecule has 4 nitrogen and oxygen atoms in total. The van der Waals surface area contributed by atoms with Crippen LogP contribution in [0, 0.1) is 17.1 Å². The summed E-state index contributed by atoms with van der Waals surface area (Å²) in [5, 5.41) is 11.7. The van der Waals surface area contributed by atoms with E-state index in [2.05, 4.69) is 11.4 Å². The Morgan fingerprint density at radius 2 is 1.95 bits per heavy atom. The maximum Gasteiger partial charge on any atom is 0.255 e. The summed E-state index contributed by atoms with van der Waals surface area (Å²) in [6.45, 7) is 3.53. The molecule has 0 saturated carbocycles. The quantitative estimate of drug-likeness (QED) is 0.851. The van der Waals surface area contributed by atoms with E-state index in [1.54, 1.807) is 44.2 Å². The van der Waals surface area contributed by atoms with Crippen molar-refractivity contribution in [3.8, 4) is 6.07 Å². The van der Waals surface area contributed by atoms with Crippen molar-refractivity contribution in [2.45, 2.75) is 19.3 Å². The van der Waals surface area contributed by atoms with Gasteiger partial charge in [0.25, 0.3) is 5.91 Å². The van der Waals surface area contributed by atoms with Gasteiger partial charge < -0.3 is 11.1 Å². The molecule has 0 saturated heterocycles. The lowest BCUT2D eigenvalue weighted by atomic mass is 9.85. The fourth-order valence-corrected chi connectivity index (χ4v) is 1.95. The van der Waals surface area contributed by atoms with Gasteiger partial charge in [0.15, 0.2) is 5.82 Å². The third-order valence-corrected chi connectivity index (χ3v) is 3.40. The molecular weight excluding hydrogens is 281 g/mol. The first-order chi connectivity index (χ1) is 10.3. The molecule has 0 radical (unpaired) electrons. The molecule has 0 bridgehead atoms. The molecule has 0 aliphatic rings. The Balaban J connectivity index is 2.29. The predicted molar refractivity (Wildman–Crippen MR) is 83.8 cm³/mol. The van der Waals surface area contributed by atoms with Crippen LogP contribution in [0.25, 0.3) is 0 Å². The van der Waals surface area contributed by atoms with E-state index in [1.807, 2.05) is 0 Å². The van der Waals surface area contributed by atoms with E-state index in [9.17, 15) is 9.18 Å². The third kappa shape index (κ3) is 3.07. The number of anilines is 2. The second-order valence-corrected chi connectivity index (χ2v) is 5.48. The van der Waals surface area contributed by atoms with Crippen LogP contribution in [0.4, 0.5) is 15.8 Å². The molecular formula is C17H16FN3O. The highest BCUT2D eigenvalue weighted by Gasteiger charge is 2.21. The molecule has 3 N–H and O–H groups in total. The van der Waals surface area contributed by atoms with Gasteiger partial charge in [-0.05, 0) is 43.7 Å². The lowest BCUT2D eigenvalue weighted by Gasteiger charge is -2.16. The molecule has 2 rings (SSSR count). The number of halogens is 1. The molecule has 22 heavy (non-hydrogen) atoms. The van der Waals surface area contributed by atoms with Crippen LogP contribution in [0.5, 0.6) is 0 Å². The lowest BCUT2D eigenvalue weighted by Crippen LogP contribution is -2.17. The summed E-state index contributed by atoms with van der Waals surface area (Å²) >= 11 is 0. The molecule has 0 aliphatic heterocycles. The zero-order valence-electron chi connectivity index (χ0n) is 12.4. The minimum absolute atomic E-state index is 0.0231. The molecule has 0 aromatic heterocycles. The predicted octanol–water partition coefficient (Wildman–Crippen LogP) is 3.46. The zero-order valence-corrected chi connectivity index (χ0v) is 12.4. The molecule has 0 heterocycles. The van der Waals surface area contributed by atoms with E-state index < -0.39 is 17.1 Å². The number of nitrogen functional groups attached to an aromatic ring is 1. The average molecular weight is 297 g/mol. The fourth-order valence-electron chi connectivity index (χ4n) is 1.95. The van der Waals surface area contributed by atoms with Crippen LogP contribution < -0.4 is 11.1 Å². The Kier molecular flexibility index (Phi) is 4.13. The van der Waals surface area contributed by atoms with Gasteiger partial charge in [0, 0.05) is 5.56 Å². The van der Waals surface area contributed by atoms with Crippen molar-refractivity contribution in [3.05, 3.63) is 59.4 Å². The SMILES string of the molecule is CC(C)(C#N)c1cccc(C(=O)Nc2cccc(N)c2F)c1. The van der Waals surface area contributed by atoms with Gasteiger partial charge in [-0.3, -0.25) is 4.79 Å². The standard InChI is InChI=1S/C17H16FN3O/c1-17(2,10-19)12-6-3-5-11(9-12)16(22)21-14-8-4-7-13(20)15(14)18/h3-9H,20H2,1-2H3,(H,21,22). The first kappa shape index (κ1) is 15.5. The largest absolute Gasteiger partial charge is 0.396 e. The summed E-state index contributed by atoms with van der Waals surface area (Å²) in [5.74, 6) is -1.12. The van der Waals surface area contributed by atoms with Gasteiger partial charge in [-0.1, -0.05) is 18.2 Å². The Bertz CT molecular complexity index is 763. The Labute approximate surface area is 128 Å². The highest BCUT2D eigenvalue weighted by molar-refractivity contribution is 6.04. The van der Waals surface area contributed by atoms with Gasteiger partial charge in [0.1, 0.15) is 0 Å².